The SMILES string of the molecule is Cc1ccc(/N=C(/CC(SSc2cccc3ccccc23)SSc2cccc3ccccc23)Oc2cccc3ccccc23)cc1. The van der Waals surface area contributed by atoms with Crippen LogP contribution in [0.15, 0.2) is 166 Å². The van der Waals surface area contributed by atoms with Crippen molar-refractivity contribution in [3.63, 3.8) is 0 Å². The number of benzene rings is 7. The van der Waals surface area contributed by atoms with Crippen molar-refractivity contribution in [1.82, 2.24) is 0 Å². The first-order chi connectivity index (χ1) is 22.7. The van der Waals surface area contributed by atoms with E-state index >= 15 is 0 Å². The number of nitrogens with zero attached hydrogens (tertiary/aromatic N) is 1. The summed E-state index contributed by atoms with van der Waals surface area (Å²) in [7, 11) is 7.39. The molecule has 0 aliphatic carbocycles. The van der Waals surface area contributed by atoms with Crippen LogP contribution in [0.5, 0.6) is 5.75 Å². The molecule has 226 valence electrons. The van der Waals surface area contributed by atoms with E-state index in [1.807, 2.05) is 49.2 Å². The Morgan fingerprint density at radius 2 is 1.02 bits per heavy atom. The molecular weight excluding hydrogens is 639 g/mol. The Hall–Kier alpha value is -3.81. The molecule has 0 spiro atoms. The fourth-order valence-corrected chi connectivity index (χ4v) is 11.5. The predicted molar refractivity (Wildman–Crippen MR) is 206 cm³/mol. The zero-order chi connectivity index (χ0) is 31.1. The molecule has 0 N–H and O–H groups in total. The van der Waals surface area contributed by atoms with Gasteiger partial charge in [-0.1, -0.05) is 170 Å². The van der Waals surface area contributed by atoms with Crippen LogP contribution < -0.4 is 4.74 Å². The molecule has 0 fully saturated rings. The van der Waals surface area contributed by atoms with E-state index in [9.17, 15) is 0 Å². The van der Waals surface area contributed by atoms with Gasteiger partial charge in [0.05, 0.1) is 10.3 Å². The molecule has 0 bridgehead atoms. The highest BCUT2D eigenvalue weighted by Gasteiger charge is 2.20. The first kappa shape index (κ1) is 30.8. The summed E-state index contributed by atoms with van der Waals surface area (Å²) in [4.78, 5) is 7.62. The monoisotopic (exact) mass is 669 g/mol. The van der Waals surface area contributed by atoms with Gasteiger partial charge in [0.1, 0.15) is 5.75 Å². The van der Waals surface area contributed by atoms with Crippen molar-refractivity contribution in [2.45, 2.75) is 27.7 Å². The summed E-state index contributed by atoms with van der Waals surface area (Å²) < 4.78 is 6.87. The van der Waals surface area contributed by atoms with Gasteiger partial charge in [-0.15, -0.1) is 0 Å². The Labute approximate surface area is 285 Å². The van der Waals surface area contributed by atoms with Gasteiger partial charge in [0.15, 0.2) is 5.90 Å². The fraction of sp³-hybridized carbons (Fsp3) is 0.0750. The normalized spacial score (nSPS) is 11.9. The van der Waals surface area contributed by atoms with Gasteiger partial charge in [-0.2, -0.15) is 0 Å². The van der Waals surface area contributed by atoms with Crippen molar-refractivity contribution in [3.8, 4) is 5.75 Å². The minimum Gasteiger partial charge on any atom is -0.442 e. The lowest BCUT2D eigenvalue weighted by Crippen LogP contribution is -2.14. The Morgan fingerprint density at radius 3 is 1.61 bits per heavy atom. The Kier molecular flexibility index (Phi) is 9.88. The molecule has 0 aromatic heterocycles. The van der Waals surface area contributed by atoms with Gasteiger partial charge in [-0.25, -0.2) is 4.99 Å². The third-order valence-electron chi connectivity index (χ3n) is 7.60. The van der Waals surface area contributed by atoms with E-state index in [1.54, 1.807) is 0 Å². The highest BCUT2D eigenvalue weighted by Crippen LogP contribution is 2.49. The molecule has 0 saturated heterocycles. The zero-order valence-corrected chi connectivity index (χ0v) is 28.5. The second-order valence-electron chi connectivity index (χ2n) is 10.9. The number of hydrogen-bond acceptors (Lipinski definition) is 6. The van der Waals surface area contributed by atoms with Crippen molar-refractivity contribution in [3.05, 3.63) is 157 Å². The molecule has 0 heterocycles. The summed E-state index contributed by atoms with van der Waals surface area (Å²) in [5.74, 6) is 1.52. The topological polar surface area (TPSA) is 21.6 Å². The summed E-state index contributed by atoms with van der Waals surface area (Å²) in [5.41, 5.74) is 2.09. The lowest BCUT2D eigenvalue weighted by atomic mass is 10.1. The number of aryl methyl sites for hydroxylation is 1. The molecule has 0 saturated carbocycles. The van der Waals surface area contributed by atoms with Crippen molar-refractivity contribution >= 4 is 87.1 Å². The number of fused-ring (bicyclic) bond motifs is 3. The smallest absolute Gasteiger partial charge is 0.197 e. The van der Waals surface area contributed by atoms with E-state index < -0.39 is 0 Å². The molecule has 7 aromatic rings. The second-order valence-corrected chi connectivity index (χ2v) is 16.1. The number of ether oxygens (including phenoxy) is 1. The summed E-state index contributed by atoms with van der Waals surface area (Å²) >= 11 is 0. The molecule has 2 nitrogen and oxygen atoms in total. The third-order valence-corrected chi connectivity index (χ3v) is 14.0. The molecular formula is C40H31NOS4. The van der Waals surface area contributed by atoms with Crippen LogP contribution in [0, 0.1) is 6.92 Å². The first-order valence-electron chi connectivity index (χ1n) is 15.1. The lowest BCUT2D eigenvalue weighted by molar-refractivity contribution is 0.542. The van der Waals surface area contributed by atoms with E-state index in [1.165, 1.54) is 36.9 Å². The summed E-state index contributed by atoms with van der Waals surface area (Å²) in [6, 6.07) is 53.2. The standard InChI is InChI=1S/C40H31NOS4/c1-28-23-25-32(26-24-28)41-39(42-36-20-8-14-29-11-2-5-17-33(29)36)27-40(45-43-37-21-9-15-30-12-3-6-18-34(30)37)46-44-38-22-10-16-31-13-4-7-19-35(31)38/h2-26,40H,27H2,1H3/b41-39-. The van der Waals surface area contributed by atoms with E-state index in [0.29, 0.717) is 12.3 Å². The van der Waals surface area contributed by atoms with E-state index in [2.05, 4.69) is 153 Å². The van der Waals surface area contributed by atoms with Crippen molar-refractivity contribution in [1.29, 1.82) is 0 Å². The van der Waals surface area contributed by atoms with Gasteiger partial charge in [0.2, 0.25) is 0 Å². The van der Waals surface area contributed by atoms with Gasteiger partial charge >= 0.3 is 0 Å². The second kappa shape index (κ2) is 14.7. The molecule has 6 heteroatoms. The minimum absolute atomic E-state index is 0.132. The van der Waals surface area contributed by atoms with Gasteiger partial charge in [-0.05, 0) is 64.2 Å². The van der Waals surface area contributed by atoms with Crippen LogP contribution in [-0.2, 0) is 0 Å². The van der Waals surface area contributed by atoms with Gasteiger partial charge < -0.3 is 4.74 Å². The average Bonchev–Trinajstić information content (AvgIpc) is 3.10. The maximum absolute atomic E-state index is 6.74. The van der Waals surface area contributed by atoms with Crippen LogP contribution in [0.4, 0.5) is 5.69 Å². The number of aliphatic imine (C=N–C) groups is 1. The van der Waals surface area contributed by atoms with Crippen molar-refractivity contribution < 1.29 is 4.74 Å². The Morgan fingerprint density at radius 1 is 0.543 bits per heavy atom. The highest BCUT2D eigenvalue weighted by molar-refractivity contribution is 8.85. The molecule has 7 rings (SSSR count). The van der Waals surface area contributed by atoms with Crippen LogP contribution in [0.25, 0.3) is 32.3 Å². The fourth-order valence-electron chi connectivity index (χ4n) is 5.26. The van der Waals surface area contributed by atoms with Crippen LogP contribution in [0.3, 0.4) is 0 Å². The largest absolute Gasteiger partial charge is 0.442 e. The zero-order valence-electron chi connectivity index (χ0n) is 25.2. The first-order valence-corrected chi connectivity index (χ1v) is 19.5. The van der Waals surface area contributed by atoms with E-state index in [0.717, 1.165) is 22.2 Å². The van der Waals surface area contributed by atoms with Crippen LogP contribution in [-0.4, -0.2) is 10.5 Å². The summed E-state index contributed by atoms with van der Waals surface area (Å²) in [6.07, 6.45) is 0.641. The van der Waals surface area contributed by atoms with Crippen LogP contribution >= 0.6 is 43.2 Å². The summed E-state index contributed by atoms with van der Waals surface area (Å²) in [5, 5.41) is 7.27. The molecule has 0 aliphatic heterocycles. The molecule has 0 aliphatic rings. The molecule has 7 aromatic carbocycles. The lowest BCUT2D eigenvalue weighted by Gasteiger charge is -2.18. The summed E-state index contributed by atoms with van der Waals surface area (Å²) in [6.45, 7) is 2.10. The number of hydrogen-bond donors (Lipinski definition) is 0. The minimum atomic E-state index is 0.132. The molecule has 0 unspecified atom stereocenters. The van der Waals surface area contributed by atoms with Gasteiger partial charge in [-0.3, -0.25) is 0 Å². The quantitative estimate of drug-likeness (QED) is 0.0624. The predicted octanol–water partition coefficient (Wildman–Crippen LogP) is 13.2. The third kappa shape index (κ3) is 7.42. The molecule has 0 amide bonds. The number of rotatable bonds is 10. The van der Waals surface area contributed by atoms with E-state index in [-0.39, 0.29) is 4.58 Å². The maximum atomic E-state index is 6.74. The molecule has 0 radical (unpaired) electrons. The van der Waals surface area contributed by atoms with Crippen LogP contribution in [0.1, 0.15) is 12.0 Å². The average molecular weight is 670 g/mol. The van der Waals surface area contributed by atoms with E-state index in [4.69, 9.17) is 9.73 Å². The molecule has 46 heavy (non-hydrogen) atoms. The van der Waals surface area contributed by atoms with Crippen molar-refractivity contribution in [2.24, 2.45) is 4.99 Å². The van der Waals surface area contributed by atoms with Gasteiger partial charge in [0, 0.05) is 21.6 Å². The highest BCUT2D eigenvalue weighted by atomic mass is 33.1. The van der Waals surface area contributed by atoms with Gasteiger partial charge in [0.25, 0.3) is 0 Å². The van der Waals surface area contributed by atoms with Crippen molar-refractivity contribution in [2.75, 3.05) is 0 Å². The Bertz CT molecular complexity index is 2050. The molecule has 0 atom stereocenters. The maximum Gasteiger partial charge on any atom is 0.197 e. The van der Waals surface area contributed by atoms with Crippen LogP contribution in [0.2, 0.25) is 0 Å². The Balaban J connectivity index is 1.22.